The van der Waals surface area contributed by atoms with E-state index in [9.17, 15) is 9.59 Å². The van der Waals surface area contributed by atoms with E-state index in [0.29, 0.717) is 16.5 Å². The van der Waals surface area contributed by atoms with Crippen molar-refractivity contribution in [1.82, 2.24) is 20.1 Å². The average Bonchev–Trinajstić information content (AvgIpc) is 3.28. The predicted octanol–water partition coefficient (Wildman–Crippen LogP) is 3.99. The van der Waals surface area contributed by atoms with Gasteiger partial charge in [-0.25, -0.2) is 0 Å². The molecule has 0 saturated carbocycles. The van der Waals surface area contributed by atoms with Gasteiger partial charge in [-0.2, -0.15) is 0 Å². The van der Waals surface area contributed by atoms with E-state index in [1.807, 2.05) is 65.2 Å². The van der Waals surface area contributed by atoms with Crippen LogP contribution in [-0.4, -0.2) is 39.4 Å². The van der Waals surface area contributed by atoms with Crippen molar-refractivity contribution < 1.29 is 14.3 Å². The van der Waals surface area contributed by atoms with Crippen molar-refractivity contribution in [3.05, 3.63) is 90.5 Å². The second kappa shape index (κ2) is 9.93. The third-order valence-corrected chi connectivity index (χ3v) is 5.55. The largest absolute Gasteiger partial charge is 0.497 e. The smallest absolute Gasteiger partial charge is 0.257 e. The predicted molar refractivity (Wildman–Crippen MR) is 123 cm³/mol. The van der Waals surface area contributed by atoms with Gasteiger partial charge in [0.2, 0.25) is 5.91 Å². The molecule has 3 aromatic carbocycles. The molecule has 0 spiro atoms. The van der Waals surface area contributed by atoms with Crippen molar-refractivity contribution >= 4 is 23.6 Å². The summed E-state index contributed by atoms with van der Waals surface area (Å²) >= 11 is 1.21. The van der Waals surface area contributed by atoms with E-state index in [2.05, 4.69) is 15.5 Å². The molecule has 32 heavy (non-hydrogen) atoms. The molecule has 0 aliphatic rings. The summed E-state index contributed by atoms with van der Waals surface area (Å²) in [6.45, 7) is 0. The van der Waals surface area contributed by atoms with Gasteiger partial charge in [0.1, 0.15) is 5.75 Å². The first-order valence-corrected chi connectivity index (χ1v) is 10.8. The summed E-state index contributed by atoms with van der Waals surface area (Å²) in [5, 5.41) is 11.6. The fraction of sp³-hybridized carbons (Fsp3) is 0.0833. The number of amides is 2. The van der Waals surface area contributed by atoms with Crippen LogP contribution in [0.3, 0.4) is 0 Å². The highest BCUT2D eigenvalue weighted by molar-refractivity contribution is 7.99. The van der Waals surface area contributed by atoms with E-state index in [0.717, 1.165) is 17.0 Å². The molecule has 4 rings (SSSR count). The van der Waals surface area contributed by atoms with Gasteiger partial charge in [-0.1, -0.05) is 48.2 Å². The number of rotatable bonds is 7. The zero-order chi connectivity index (χ0) is 22.3. The van der Waals surface area contributed by atoms with Crippen LogP contribution in [0.25, 0.3) is 17.1 Å². The number of carbonyl (C=O) groups is 2. The number of hydrogen-bond acceptors (Lipinski definition) is 6. The summed E-state index contributed by atoms with van der Waals surface area (Å²) in [5.41, 5.74) is 2.16. The zero-order valence-electron chi connectivity index (χ0n) is 17.3. The molecule has 0 atom stereocenters. The average molecular weight is 445 g/mol. The maximum Gasteiger partial charge on any atom is 0.257 e. The second-order valence-electron chi connectivity index (χ2n) is 6.74. The van der Waals surface area contributed by atoms with Gasteiger partial charge >= 0.3 is 0 Å². The maximum absolute atomic E-state index is 12.4. The molecule has 0 saturated heterocycles. The number of para-hydroxylation sites is 1. The van der Waals surface area contributed by atoms with Crippen LogP contribution < -0.4 is 10.1 Å². The summed E-state index contributed by atoms with van der Waals surface area (Å²) in [7, 11) is 1.61. The summed E-state index contributed by atoms with van der Waals surface area (Å²) < 4.78 is 7.12. The van der Waals surface area contributed by atoms with Gasteiger partial charge in [-0.05, 0) is 48.5 Å². The Labute approximate surface area is 189 Å². The number of methoxy groups -OCH3 is 1. The Morgan fingerprint density at radius 1 is 0.906 bits per heavy atom. The van der Waals surface area contributed by atoms with Crippen molar-refractivity contribution in [3.8, 4) is 22.8 Å². The number of hydrogen-bond donors (Lipinski definition) is 1. The number of aromatic nitrogens is 3. The van der Waals surface area contributed by atoms with Crippen LogP contribution >= 0.6 is 11.8 Å². The monoisotopic (exact) mass is 444 g/mol. The van der Waals surface area contributed by atoms with Crippen LogP contribution in [0.2, 0.25) is 0 Å². The quantitative estimate of drug-likeness (QED) is 0.434. The summed E-state index contributed by atoms with van der Waals surface area (Å²) in [6, 6.07) is 25.8. The van der Waals surface area contributed by atoms with Gasteiger partial charge in [-0.15, -0.1) is 10.2 Å². The Balaban J connectivity index is 1.55. The second-order valence-corrected chi connectivity index (χ2v) is 7.68. The molecule has 0 fully saturated rings. The van der Waals surface area contributed by atoms with Crippen LogP contribution in [-0.2, 0) is 4.79 Å². The van der Waals surface area contributed by atoms with Gasteiger partial charge in [-0.3, -0.25) is 19.5 Å². The van der Waals surface area contributed by atoms with Crippen LogP contribution in [0.1, 0.15) is 10.4 Å². The standard InChI is InChI=1S/C24H20N4O3S/c1-31-20-14-12-17(13-15-20)22-26-27-24(28(22)19-10-6-3-7-11-19)32-16-21(29)25-23(30)18-8-4-2-5-9-18/h2-15H,16H2,1H3,(H,25,29,30). The molecule has 160 valence electrons. The molecule has 7 nitrogen and oxygen atoms in total. The molecule has 1 heterocycles. The number of nitrogens with one attached hydrogen (secondary N) is 1. The lowest BCUT2D eigenvalue weighted by Crippen LogP contribution is -2.31. The number of ether oxygens (including phenoxy) is 1. The Morgan fingerprint density at radius 3 is 2.22 bits per heavy atom. The van der Waals surface area contributed by atoms with Gasteiger partial charge in [0.15, 0.2) is 11.0 Å². The van der Waals surface area contributed by atoms with Crippen LogP contribution in [0.5, 0.6) is 5.75 Å². The molecular formula is C24H20N4O3S. The molecular weight excluding hydrogens is 424 g/mol. The topological polar surface area (TPSA) is 86.1 Å². The lowest BCUT2D eigenvalue weighted by Gasteiger charge is -2.10. The molecule has 4 aromatic rings. The van der Waals surface area contributed by atoms with E-state index in [-0.39, 0.29) is 5.75 Å². The molecule has 0 aliphatic heterocycles. The number of thioether (sulfide) groups is 1. The Kier molecular flexibility index (Phi) is 6.62. The van der Waals surface area contributed by atoms with Gasteiger partial charge in [0.25, 0.3) is 5.91 Å². The first-order chi connectivity index (χ1) is 15.7. The van der Waals surface area contributed by atoms with E-state index >= 15 is 0 Å². The van der Waals surface area contributed by atoms with Gasteiger partial charge < -0.3 is 4.74 Å². The molecule has 0 unspecified atom stereocenters. The van der Waals surface area contributed by atoms with Gasteiger partial charge in [0.05, 0.1) is 12.9 Å². The molecule has 1 aromatic heterocycles. The summed E-state index contributed by atoms with van der Waals surface area (Å²) in [5.74, 6) is 0.569. The van der Waals surface area contributed by atoms with Crippen LogP contribution in [0.15, 0.2) is 90.1 Å². The van der Waals surface area contributed by atoms with Crippen molar-refractivity contribution in [2.45, 2.75) is 5.16 Å². The Hall–Kier alpha value is -3.91. The van der Waals surface area contributed by atoms with Crippen molar-refractivity contribution in [2.75, 3.05) is 12.9 Å². The lowest BCUT2D eigenvalue weighted by atomic mass is 10.2. The third kappa shape index (κ3) is 4.87. The minimum absolute atomic E-state index is 0.0200. The molecule has 1 N–H and O–H groups in total. The van der Waals surface area contributed by atoms with Gasteiger partial charge in [0, 0.05) is 16.8 Å². The maximum atomic E-state index is 12.4. The van der Waals surface area contributed by atoms with Crippen molar-refractivity contribution in [1.29, 1.82) is 0 Å². The zero-order valence-corrected chi connectivity index (χ0v) is 18.1. The Bertz CT molecular complexity index is 1210. The number of nitrogens with zero attached hydrogens (tertiary/aromatic N) is 3. The molecule has 0 bridgehead atoms. The van der Waals surface area contributed by atoms with Crippen molar-refractivity contribution in [2.24, 2.45) is 0 Å². The van der Waals surface area contributed by atoms with E-state index in [4.69, 9.17) is 4.74 Å². The number of carbonyl (C=O) groups excluding carboxylic acids is 2. The molecule has 8 heteroatoms. The fourth-order valence-electron chi connectivity index (χ4n) is 3.05. The SMILES string of the molecule is COc1ccc(-c2nnc(SCC(=O)NC(=O)c3ccccc3)n2-c2ccccc2)cc1. The highest BCUT2D eigenvalue weighted by Gasteiger charge is 2.18. The van der Waals surface area contributed by atoms with Crippen LogP contribution in [0.4, 0.5) is 0 Å². The fourth-order valence-corrected chi connectivity index (χ4v) is 3.81. The summed E-state index contributed by atoms with van der Waals surface area (Å²) in [4.78, 5) is 24.6. The summed E-state index contributed by atoms with van der Waals surface area (Å²) in [6.07, 6.45) is 0. The highest BCUT2D eigenvalue weighted by Crippen LogP contribution is 2.28. The first kappa shape index (κ1) is 21.3. The van der Waals surface area contributed by atoms with Crippen molar-refractivity contribution in [3.63, 3.8) is 0 Å². The normalized spacial score (nSPS) is 10.5. The molecule has 0 radical (unpaired) electrons. The van der Waals surface area contributed by atoms with E-state index < -0.39 is 11.8 Å². The third-order valence-electron chi connectivity index (χ3n) is 4.62. The molecule has 2 amide bonds. The molecule has 0 aliphatic carbocycles. The van der Waals surface area contributed by atoms with E-state index in [1.165, 1.54) is 11.8 Å². The number of imide groups is 1. The Morgan fingerprint density at radius 2 is 1.56 bits per heavy atom. The first-order valence-electron chi connectivity index (χ1n) is 9.83. The van der Waals surface area contributed by atoms with E-state index in [1.54, 1.807) is 31.4 Å². The number of benzene rings is 3. The lowest BCUT2D eigenvalue weighted by molar-refractivity contribution is -0.117. The highest BCUT2D eigenvalue weighted by atomic mass is 32.2. The van der Waals surface area contributed by atoms with Crippen LogP contribution in [0, 0.1) is 0 Å². The minimum atomic E-state index is -0.431. The minimum Gasteiger partial charge on any atom is -0.497 e.